The minimum atomic E-state index is -1.20. The lowest BCUT2D eigenvalue weighted by atomic mass is 10.0. The van der Waals surface area contributed by atoms with Gasteiger partial charge in [0.2, 0.25) is 5.91 Å². The van der Waals surface area contributed by atoms with E-state index in [2.05, 4.69) is 26.4 Å². The third-order valence-corrected chi connectivity index (χ3v) is 6.79. The number of hydrogen-bond acceptors (Lipinski definition) is 8. The maximum atomic E-state index is 13.0. The zero-order chi connectivity index (χ0) is 28.8. The van der Waals surface area contributed by atoms with E-state index < -0.39 is 18.2 Å². The van der Waals surface area contributed by atoms with Crippen LogP contribution in [0.5, 0.6) is 5.88 Å². The fourth-order valence-corrected chi connectivity index (χ4v) is 4.79. The molecule has 4 heterocycles. The Morgan fingerprint density at radius 2 is 1.93 bits per heavy atom. The van der Waals surface area contributed by atoms with Gasteiger partial charge < -0.3 is 30.1 Å². The quantitative estimate of drug-likeness (QED) is 0.346. The molecule has 0 unspecified atom stereocenters. The maximum absolute atomic E-state index is 13.0. The summed E-state index contributed by atoms with van der Waals surface area (Å²) in [6, 6.07) is 9.03. The zero-order valence-corrected chi connectivity index (χ0v) is 22.9. The van der Waals surface area contributed by atoms with Crippen LogP contribution in [0.3, 0.4) is 0 Å². The number of piperazine rings is 1. The highest BCUT2D eigenvalue weighted by molar-refractivity contribution is 5.86. The lowest BCUT2D eigenvalue weighted by Crippen LogP contribution is -2.55. The number of carboxylic acid groups (broad SMARTS) is 1. The van der Waals surface area contributed by atoms with Crippen LogP contribution in [0.2, 0.25) is 0 Å². The van der Waals surface area contributed by atoms with Gasteiger partial charge in [-0.15, -0.1) is 5.10 Å². The van der Waals surface area contributed by atoms with Crippen LogP contribution in [0.4, 0.5) is 10.6 Å². The Balaban J connectivity index is 1.46. The van der Waals surface area contributed by atoms with Crippen molar-refractivity contribution >= 4 is 23.3 Å². The molecule has 0 aliphatic carbocycles. The average Bonchev–Trinajstić information content (AvgIpc) is 3.29. The number of nitrogens with zero attached hydrogens (tertiary/aromatic N) is 6. The molecule has 2 atom stereocenters. The van der Waals surface area contributed by atoms with Crippen LogP contribution in [0, 0.1) is 17.2 Å². The molecule has 3 aromatic heterocycles. The van der Waals surface area contributed by atoms with Crippen LogP contribution in [0.1, 0.15) is 39.2 Å². The van der Waals surface area contributed by atoms with Crippen molar-refractivity contribution in [1.82, 2.24) is 24.8 Å². The number of rotatable bonds is 10. The summed E-state index contributed by atoms with van der Waals surface area (Å²) in [6.07, 6.45) is 2.66. The van der Waals surface area contributed by atoms with Crippen LogP contribution in [-0.2, 0) is 4.79 Å². The number of hydrogen-bond donors (Lipinski definition) is 3. The van der Waals surface area contributed by atoms with Gasteiger partial charge in [0.1, 0.15) is 23.5 Å². The van der Waals surface area contributed by atoms with Gasteiger partial charge in [-0.1, -0.05) is 19.9 Å². The maximum Gasteiger partial charge on any atom is 0.405 e. The van der Waals surface area contributed by atoms with Gasteiger partial charge in [-0.2, -0.15) is 5.26 Å². The van der Waals surface area contributed by atoms with E-state index in [1.165, 1.54) is 0 Å². The summed E-state index contributed by atoms with van der Waals surface area (Å²) in [5.41, 5.74) is 2.53. The number of aliphatic hydroxyl groups is 1. The van der Waals surface area contributed by atoms with Crippen LogP contribution >= 0.6 is 0 Å². The molecule has 3 aromatic rings. The van der Waals surface area contributed by atoms with Crippen LogP contribution in [-0.4, -0.2) is 86.6 Å². The zero-order valence-electron chi connectivity index (χ0n) is 22.9. The highest BCUT2D eigenvalue weighted by atomic mass is 16.5. The second kappa shape index (κ2) is 12.7. The minimum absolute atomic E-state index is 0.177. The Morgan fingerprint density at radius 3 is 2.52 bits per heavy atom. The predicted octanol–water partition coefficient (Wildman–Crippen LogP) is 2.75. The number of aromatic nitrogens is 3. The Bertz CT molecular complexity index is 1370. The summed E-state index contributed by atoms with van der Waals surface area (Å²) < 4.78 is 7.31. The van der Waals surface area contributed by atoms with Gasteiger partial charge >= 0.3 is 6.09 Å². The van der Waals surface area contributed by atoms with Crippen LogP contribution in [0.15, 0.2) is 36.7 Å². The van der Waals surface area contributed by atoms with Crippen molar-refractivity contribution in [3.05, 3.63) is 42.2 Å². The normalized spacial score (nSPS) is 15.1. The molecule has 1 saturated heterocycles. The van der Waals surface area contributed by atoms with Crippen molar-refractivity contribution in [2.75, 3.05) is 37.7 Å². The van der Waals surface area contributed by atoms with E-state index in [1.54, 1.807) is 28.7 Å². The number of anilines is 1. The van der Waals surface area contributed by atoms with E-state index in [9.17, 15) is 20.0 Å². The third kappa shape index (κ3) is 6.60. The molecule has 3 N–H and O–H groups in total. The van der Waals surface area contributed by atoms with E-state index in [0.717, 1.165) is 16.9 Å². The van der Waals surface area contributed by atoms with Gasteiger partial charge in [0.05, 0.1) is 18.2 Å². The molecule has 1 fully saturated rings. The molecule has 0 bridgehead atoms. The highest BCUT2D eigenvalue weighted by Crippen LogP contribution is 2.32. The summed E-state index contributed by atoms with van der Waals surface area (Å²) >= 11 is 0. The first-order valence-corrected chi connectivity index (χ1v) is 13.4. The fraction of sp³-hybridized carbons (Fsp3) is 0.464. The number of carbonyl (C=O) groups is 2. The number of nitriles is 1. The summed E-state index contributed by atoms with van der Waals surface area (Å²) in [5.74, 6) is 0.968. The van der Waals surface area contributed by atoms with Gasteiger partial charge in [-0.05, 0) is 37.5 Å². The summed E-state index contributed by atoms with van der Waals surface area (Å²) in [6.45, 7) is 7.92. The molecule has 212 valence electrons. The molecule has 0 saturated carbocycles. The van der Waals surface area contributed by atoms with Gasteiger partial charge in [0.15, 0.2) is 0 Å². The van der Waals surface area contributed by atoms with E-state index in [1.807, 2.05) is 38.1 Å². The van der Waals surface area contributed by atoms with E-state index >= 15 is 0 Å². The number of carbonyl (C=O) groups excluding carboxylic acids is 1. The van der Waals surface area contributed by atoms with Crippen molar-refractivity contribution in [3.63, 3.8) is 0 Å². The molecule has 12 heteroatoms. The highest BCUT2D eigenvalue weighted by Gasteiger charge is 2.29. The van der Waals surface area contributed by atoms with Crippen LogP contribution in [0.25, 0.3) is 16.6 Å². The fourth-order valence-electron chi connectivity index (χ4n) is 4.79. The Kier molecular flexibility index (Phi) is 9.06. The number of amides is 2. The smallest absolute Gasteiger partial charge is 0.405 e. The molecule has 12 nitrogen and oxygen atoms in total. The molecular weight excluding hydrogens is 514 g/mol. The third-order valence-electron chi connectivity index (χ3n) is 6.79. The Morgan fingerprint density at radius 1 is 1.18 bits per heavy atom. The van der Waals surface area contributed by atoms with Crippen molar-refractivity contribution in [3.8, 4) is 23.1 Å². The first-order chi connectivity index (χ1) is 19.2. The molecule has 1 aliphatic rings. The van der Waals surface area contributed by atoms with Crippen molar-refractivity contribution in [2.45, 2.75) is 45.8 Å². The van der Waals surface area contributed by atoms with Crippen molar-refractivity contribution < 1.29 is 24.5 Å². The topological polar surface area (TPSA) is 156 Å². The van der Waals surface area contributed by atoms with Crippen molar-refractivity contribution in [2.24, 2.45) is 5.92 Å². The molecule has 0 aromatic carbocycles. The molecule has 0 radical (unpaired) electrons. The monoisotopic (exact) mass is 549 g/mol. The number of nitrogens with one attached hydrogen (secondary N) is 1. The van der Waals surface area contributed by atoms with E-state index in [4.69, 9.17) is 9.84 Å². The average molecular weight is 550 g/mol. The Hall–Kier alpha value is -4.37. The van der Waals surface area contributed by atoms with Gasteiger partial charge in [0.25, 0.3) is 5.88 Å². The summed E-state index contributed by atoms with van der Waals surface area (Å²) in [5, 5.41) is 35.3. The molecular formula is C28H35N7O5. The largest absolute Gasteiger partial charge is 0.476 e. The SMILES string of the molecule is CC(C)C[C@@H](NC(=O)O)C(=O)N1CCN(c2ccc(-c3cccn4nc(OCC[C@@H](C)O)c(C#N)c34)cn2)CC1. The lowest BCUT2D eigenvalue weighted by molar-refractivity contribution is -0.134. The van der Waals surface area contributed by atoms with E-state index in [-0.39, 0.29) is 24.3 Å². The van der Waals surface area contributed by atoms with Crippen LogP contribution < -0.4 is 15.0 Å². The van der Waals surface area contributed by atoms with E-state index in [0.29, 0.717) is 50.1 Å². The first kappa shape index (κ1) is 28.6. The number of ether oxygens (including phenoxy) is 1. The first-order valence-electron chi connectivity index (χ1n) is 13.4. The summed E-state index contributed by atoms with van der Waals surface area (Å²) in [4.78, 5) is 32.6. The number of fused-ring (bicyclic) bond motifs is 1. The molecule has 4 rings (SSSR count). The van der Waals surface area contributed by atoms with Gasteiger partial charge in [-0.3, -0.25) is 4.79 Å². The van der Waals surface area contributed by atoms with Gasteiger partial charge in [-0.25, -0.2) is 14.3 Å². The lowest BCUT2D eigenvalue weighted by Gasteiger charge is -2.37. The standard InChI is InChI=1S/C28H35N7O5/c1-18(2)15-23(31-28(38)39)27(37)34-12-10-33(11-13-34)24-7-6-20(17-30-24)21-5-4-9-35-25(21)22(16-29)26(32-35)40-14-8-19(3)36/h4-7,9,17-19,23,31,36H,8,10-15H2,1-3H3,(H,38,39)/t19-,23-/m1/s1. The minimum Gasteiger partial charge on any atom is -0.476 e. The second-order valence-electron chi connectivity index (χ2n) is 10.3. The molecule has 2 amide bonds. The molecule has 1 aliphatic heterocycles. The summed E-state index contributed by atoms with van der Waals surface area (Å²) in [7, 11) is 0. The Labute approximate surface area is 232 Å². The number of pyridine rings is 2. The molecule has 40 heavy (non-hydrogen) atoms. The van der Waals surface area contributed by atoms with Crippen molar-refractivity contribution in [1.29, 1.82) is 5.26 Å². The second-order valence-corrected chi connectivity index (χ2v) is 10.3. The number of aliphatic hydroxyl groups excluding tert-OH is 1. The van der Waals surface area contributed by atoms with Gasteiger partial charge in [0, 0.05) is 56.1 Å². The predicted molar refractivity (Wildman–Crippen MR) is 148 cm³/mol. The molecule has 0 spiro atoms.